The van der Waals surface area contributed by atoms with Gasteiger partial charge in [0, 0.05) is 57.0 Å². The lowest BCUT2D eigenvalue weighted by Gasteiger charge is -2.29. The molecule has 4 aromatic rings. The Kier molecular flexibility index (Phi) is 10.2. The van der Waals surface area contributed by atoms with Crippen LogP contribution < -0.4 is 20.7 Å². The lowest BCUT2D eigenvalue weighted by atomic mass is 10.0. The van der Waals surface area contributed by atoms with Gasteiger partial charge < -0.3 is 25.2 Å². The monoisotopic (exact) mass is 753 g/mol. The Hall–Kier alpha value is -6.39. The second kappa shape index (κ2) is 15.2. The molecule has 2 aromatic heterocycles. The Morgan fingerprint density at radius 3 is 2.67 bits per heavy atom. The molecule has 3 aliphatic heterocycles. The number of nitrogens with zero attached hydrogens (tertiary/aromatic N) is 6. The molecule has 5 heterocycles. The maximum Gasteiger partial charge on any atom is 0.264 e. The zero-order chi connectivity index (χ0) is 39.0. The van der Waals surface area contributed by atoms with E-state index < -0.39 is 41.6 Å². The molecule has 3 atom stereocenters. The summed E-state index contributed by atoms with van der Waals surface area (Å²) in [6, 6.07) is 9.36. The van der Waals surface area contributed by atoms with E-state index in [0.717, 1.165) is 4.90 Å². The summed E-state index contributed by atoms with van der Waals surface area (Å²) in [5.41, 5.74) is 1.91. The first-order valence-electron chi connectivity index (χ1n) is 18.1. The molecule has 0 aliphatic carbocycles. The van der Waals surface area contributed by atoms with Crippen molar-refractivity contribution in [2.24, 2.45) is 0 Å². The molecule has 0 radical (unpaired) electrons. The van der Waals surface area contributed by atoms with Gasteiger partial charge in [-0.2, -0.15) is 5.10 Å². The van der Waals surface area contributed by atoms with Crippen LogP contribution in [0.15, 0.2) is 54.9 Å². The highest BCUT2D eigenvalue weighted by Gasteiger charge is 2.45. The lowest BCUT2D eigenvalue weighted by molar-refractivity contribution is -0.136. The van der Waals surface area contributed by atoms with Crippen LogP contribution in [0, 0.1) is 5.82 Å². The smallest absolute Gasteiger partial charge is 0.264 e. The van der Waals surface area contributed by atoms with Crippen molar-refractivity contribution in [2.45, 2.75) is 57.7 Å². The number of fused-ring (bicyclic) bond motifs is 3. The molecule has 286 valence electrons. The van der Waals surface area contributed by atoms with E-state index in [1.807, 2.05) is 13.8 Å². The number of piperidine rings is 1. The van der Waals surface area contributed by atoms with Gasteiger partial charge in [0.25, 0.3) is 17.7 Å². The van der Waals surface area contributed by atoms with Gasteiger partial charge in [0.2, 0.25) is 17.7 Å². The van der Waals surface area contributed by atoms with Crippen molar-refractivity contribution in [2.75, 3.05) is 43.9 Å². The van der Waals surface area contributed by atoms with E-state index in [1.54, 1.807) is 42.4 Å². The fourth-order valence-corrected chi connectivity index (χ4v) is 7.09. The van der Waals surface area contributed by atoms with Crippen molar-refractivity contribution in [3.63, 3.8) is 0 Å². The van der Waals surface area contributed by atoms with Gasteiger partial charge in [0.15, 0.2) is 5.65 Å². The number of anilines is 2. The van der Waals surface area contributed by atoms with Crippen LogP contribution in [-0.2, 0) is 14.4 Å². The number of imide groups is 2. The van der Waals surface area contributed by atoms with Crippen molar-refractivity contribution in [1.29, 1.82) is 0 Å². The van der Waals surface area contributed by atoms with Gasteiger partial charge in [-0.25, -0.2) is 13.9 Å². The number of ether oxygens (including phenoxy) is 1. The molecule has 17 heteroatoms. The third kappa shape index (κ3) is 7.41. The Bertz CT molecular complexity index is 2230. The number of halogens is 1. The molecule has 2 aromatic carbocycles. The second-order valence-corrected chi connectivity index (χ2v) is 13.9. The number of likely N-dealkylation sites (N-methyl/N-ethyl adjacent to an activating group) is 1. The third-order valence-corrected chi connectivity index (χ3v) is 9.98. The first kappa shape index (κ1) is 36.9. The predicted molar refractivity (Wildman–Crippen MR) is 196 cm³/mol. The topological polar surface area (TPSA) is 188 Å². The van der Waals surface area contributed by atoms with Gasteiger partial charge in [-0.1, -0.05) is 6.07 Å². The van der Waals surface area contributed by atoms with Crippen molar-refractivity contribution in [3.8, 4) is 5.75 Å². The van der Waals surface area contributed by atoms with Crippen molar-refractivity contribution < 1.29 is 37.9 Å². The normalized spacial score (nSPS) is 19.9. The number of carbonyl (C=O) groups is 6. The van der Waals surface area contributed by atoms with E-state index in [1.165, 1.54) is 33.8 Å². The molecular weight excluding hydrogens is 713 g/mol. The summed E-state index contributed by atoms with van der Waals surface area (Å²) in [5.74, 6) is -2.35. The molecule has 16 nitrogen and oxygen atoms in total. The molecule has 0 saturated carbocycles. The van der Waals surface area contributed by atoms with Crippen LogP contribution in [-0.4, -0.2) is 110 Å². The number of aromatic nitrogens is 3. The van der Waals surface area contributed by atoms with Crippen LogP contribution in [0.3, 0.4) is 0 Å². The summed E-state index contributed by atoms with van der Waals surface area (Å²) in [4.78, 5) is 86.6. The van der Waals surface area contributed by atoms with Gasteiger partial charge in [0.05, 0.1) is 29.9 Å². The molecule has 1 fully saturated rings. The van der Waals surface area contributed by atoms with Crippen molar-refractivity contribution in [1.82, 2.24) is 34.6 Å². The predicted octanol–water partition coefficient (Wildman–Crippen LogP) is 3.02. The molecule has 3 N–H and O–H groups in total. The number of amides is 6. The SMILES string of the molecule is CC1Nc2ccn3ncc(c3n2)C(=O)N(CCN(C)C(=O)CCCNc2cccc3c2C(=O)N(C2CCC(=O)NC2=O)C3=O)C[C@H](C)Oc2ccc(F)cc21. The quantitative estimate of drug-likeness (QED) is 0.169. The second-order valence-electron chi connectivity index (χ2n) is 13.9. The summed E-state index contributed by atoms with van der Waals surface area (Å²) in [7, 11) is 1.65. The largest absolute Gasteiger partial charge is 0.489 e. The van der Waals surface area contributed by atoms with Gasteiger partial charge in [-0.05, 0) is 63.1 Å². The highest BCUT2D eigenvalue weighted by Crippen LogP contribution is 2.33. The highest BCUT2D eigenvalue weighted by atomic mass is 19.1. The first-order chi connectivity index (χ1) is 26.4. The summed E-state index contributed by atoms with van der Waals surface area (Å²) in [6.45, 7) is 4.52. The van der Waals surface area contributed by atoms with Crippen LogP contribution in [0.5, 0.6) is 5.75 Å². The maximum absolute atomic E-state index is 14.4. The first-order valence-corrected chi connectivity index (χ1v) is 18.1. The lowest BCUT2D eigenvalue weighted by Crippen LogP contribution is -2.54. The molecule has 1 saturated heterocycles. The van der Waals surface area contributed by atoms with Crippen LogP contribution >= 0.6 is 0 Å². The van der Waals surface area contributed by atoms with Crippen LogP contribution in [0.4, 0.5) is 15.9 Å². The van der Waals surface area contributed by atoms with Gasteiger partial charge in [0.1, 0.15) is 35.1 Å². The standard InChI is InChI=1S/C38H40FN9O7/c1-21-20-46(36(52)26-19-41-47-15-13-30(43-34(26)47)42-22(2)25-18-23(39)9-11-29(25)55-21)17-16-45(3)32(50)8-5-14-40-27-7-4-6-24-33(27)38(54)48(37(24)53)28-10-12-31(49)44-35(28)51/h4,6-7,9,11,13,15,18-19,21-22,28,40H,5,8,10,12,14,16-17,20H2,1-3H3,(H,42,43)(H,44,49,51)/t21-,22?,28?/m0/s1. The zero-order valence-electron chi connectivity index (χ0n) is 30.5. The number of rotatable bonds is 9. The summed E-state index contributed by atoms with van der Waals surface area (Å²) in [6.07, 6.45) is 3.26. The Labute approximate surface area is 315 Å². The number of benzene rings is 2. The molecule has 0 spiro atoms. The summed E-state index contributed by atoms with van der Waals surface area (Å²) >= 11 is 0. The Balaban J connectivity index is 0.986. The maximum atomic E-state index is 14.4. The van der Waals surface area contributed by atoms with Crippen LogP contribution in [0.25, 0.3) is 5.65 Å². The Morgan fingerprint density at radius 1 is 1.05 bits per heavy atom. The zero-order valence-corrected chi connectivity index (χ0v) is 30.5. The molecule has 7 rings (SSSR count). The van der Waals surface area contributed by atoms with Gasteiger partial charge in [-0.15, -0.1) is 0 Å². The minimum atomic E-state index is -1.07. The number of hydrogen-bond donors (Lipinski definition) is 3. The number of carbonyl (C=O) groups excluding carboxylic acids is 6. The molecule has 2 unspecified atom stereocenters. The highest BCUT2D eigenvalue weighted by molar-refractivity contribution is 6.25. The van der Waals surface area contributed by atoms with Crippen LogP contribution in [0.2, 0.25) is 0 Å². The summed E-state index contributed by atoms with van der Waals surface area (Å²) < 4.78 is 22.1. The van der Waals surface area contributed by atoms with E-state index in [4.69, 9.17) is 4.74 Å². The average molecular weight is 754 g/mol. The Morgan fingerprint density at radius 2 is 1.87 bits per heavy atom. The molecule has 2 bridgehead atoms. The van der Waals surface area contributed by atoms with E-state index in [2.05, 4.69) is 26.0 Å². The number of hydrogen-bond acceptors (Lipinski definition) is 11. The van der Waals surface area contributed by atoms with Crippen molar-refractivity contribution in [3.05, 3.63) is 82.9 Å². The molecule has 3 aliphatic rings. The fraction of sp³-hybridized carbons (Fsp3) is 0.368. The number of nitrogens with one attached hydrogen (secondary N) is 3. The minimum absolute atomic E-state index is 0.0229. The molecular formula is C38H40FN9O7. The summed E-state index contributed by atoms with van der Waals surface area (Å²) in [5, 5.41) is 12.9. The third-order valence-electron chi connectivity index (χ3n) is 9.98. The van der Waals surface area contributed by atoms with Gasteiger partial charge >= 0.3 is 0 Å². The molecule has 6 amide bonds. The average Bonchev–Trinajstić information content (AvgIpc) is 3.69. The van der Waals surface area contributed by atoms with E-state index in [9.17, 15) is 33.2 Å². The molecule has 55 heavy (non-hydrogen) atoms. The van der Waals surface area contributed by atoms with Crippen molar-refractivity contribution >= 4 is 52.6 Å². The minimum Gasteiger partial charge on any atom is -0.489 e. The fourth-order valence-electron chi connectivity index (χ4n) is 7.09. The van der Waals surface area contributed by atoms with E-state index >= 15 is 0 Å². The van der Waals surface area contributed by atoms with E-state index in [-0.39, 0.29) is 73.4 Å². The van der Waals surface area contributed by atoms with Crippen LogP contribution in [0.1, 0.15) is 82.2 Å². The van der Waals surface area contributed by atoms with E-state index in [0.29, 0.717) is 41.4 Å². The van der Waals surface area contributed by atoms with Gasteiger partial charge in [-0.3, -0.25) is 39.0 Å².